The molecule has 0 radical (unpaired) electrons. The molecule has 0 aliphatic carbocycles. The molecule has 1 atom stereocenters. The van der Waals surface area contributed by atoms with E-state index in [1.54, 1.807) is 0 Å². The van der Waals surface area contributed by atoms with Crippen LogP contribution in [0.2, 0.25) is 0 Å². The van der Waals surface area contributed by atoms with Crippen LogP contribution in [0.3, 0.4) is 0 Å². The summed E-state index contributed by atoms with van der Waals surface area (Å²) in [5.74, 6) is 0.610. The number of nitrogens with two attached hydrogens (primary N) is 1. The smallest absolute Gasteiger partial charge is 0.205 e. The Labute approximate surface area is 106 Å². The van der Waals surface area contributed by atoms with Crippen molar-refractivity contribution in [2.45, 2.75) is 6.92 Å². The zero-order chi connectivity index (χ0) is 13.3. The molecule has 1 unspecified atom stereocenters. The summed E-state index contributed by atoms with van der Waals surface area (Å²) >= 11 is 0. The van der Waals surface area contributed by atoms with Crippen molar-refractivity contribution >= 4 is 12.3 Å². The molecule has 3 nitrogen and oxygen atoms in total. The average molecular weight is 238 g/mol. The number of benzene rings is 1. The molecule has 1 aromatic rings. The van der Waals surface area contributed by atoms with E-state index in [0.717, 1.165) is 16.0 Å². The minimum atomic E-state index is -0.140. The zero-order valence-corrected chi connectivity index (χ0v) is 10.2. The number of hydrogen-bond acceptors (Lipinski definition) is 3. The Hall–Kier alpha value is -2.47. The zero-order valence-electron chi connectivity index (χ0n) is 10.2. The molecule has 1 heterocycles. The van der Waals surface area contributed by atoms with Gasteiger partial charge in [0.1, 0.15) is 11.8 Å². The first-order valence-electron chi connectivity index (χ1n) is 5.61. The summed E-state index contributed by atoms with van der Waals surface area (Å²) in [5, 5.41) is 10.7. The lowest BCUT2D eigenvalue weighted by Crippen LogP contribution is -2.31. The highest BCUT2D eigenvalue weighted by atomic mass is 16.5. The highest BCUT2D eigenvalue weighted by Gasteiger charge is 2.27. The van der Waals surface area contributed by atoms with Crippen molar-refractivity contribution in [2.75, 3.05) is 0 Å². The van der Waals surface area contributed by atoms with Gasteiger partial charge in [-0.2, -0.15) is 5.26 Å². The van der Waals surface area contributed by atoms with E-state index in [4.69, 9.17) is 15.7 Å². The first-order chi connectivity index (χ1) is 8.56. The van der Waals surface area contributed by atoms with Gasteiger partial charge in [0.25, 0.3) is 0 Å². The molecule has 0 saturated carbocycles. The first kappa shape index (κ1) is 12.0. The van der Waals surface area contributed by atoms with Crippen molar-refractivity contribution in [3.8, 4) is 6.07 Å². The SMILES string of the molecule is C=C1/C(=c2/ccccc2=C)OC(N)=C(C#N)C1C. The molecule has 18 heavy (non-hydrogen) atoms. The molecule has 0 fully saturated rings. The van der Waals surface area contributed by atoms with Crippen LogP contribution in [0.5, 0.6) is 0 Å². The van der Waals surface area contributed by atoms with E-state index in [-0.39, 0.29) is 11.8 Å². The Kier molecular flexibility index (Phi) is 2.95. The summed E-state index contributed by atoms with van der Waals surface area (Å²) in [6.45, 7) is 9.84. The van der Waals surface area contributed by atoms with Gasteiger partial charge >= 0.3 is 0 Å². The summed E-state index contributed by atoms with van der Waals surface area (Å²) in [6.07, 6.45) is 0. The second-order valence-electron chi connectivity index (χ2n) is 4.22. The average Bonchev–Trinajstić information content (AvgIpc) is 2.35. The van der Waals surface area contributed by atoms with E-state index >= 15 is 0 Å². The van der Waals surface area contributed by atoms with Gasteiger partial charge in [-0.3, -0.25) is 0 Å². The summed E-state index contributed by atoms with van der Waals surface area (Å²) < 4.78 is 5.55. The Balaban J connectivity index is 2.73. The van der Waals surface area contributed by atoms with Crippen molar-refractivity contribution < 1.29 is 4.74 Å². The summed E-state index contributed by atoms with van der Waals surface area (Å²) in [4.78, 5) is 0. The lowest BCUT2D eigenvalue weighted by Gasteiger charge is -2.24. The highest BCUT2D eigenvalue weighted by molar-refractivity contribution is 5.64. The maximum atomic E-state index is 9.03. The van der Waals surface area contributed by atoms with Crippen molar-refractivity contribution in [3.05, 3.63) is 58.3 Å². The quantitative estimate of drug-likeness (QED) is 0.737. The Bertz CT molecular complexity index is 692. The van der Waals surface area contributed by atoms with Crippen LogP contribution in [0.25, 0.3) is 12.3 Å². The predicted octanol–water partition coefficient (Wildman–Crippen LogP) is 1.12. The number of nitriles is 1. The topological polar surface area (TPSA) is 59.0 Å². The van der Waals surface area contributed by atoms with Crippen LogP contribution in [-0.4, -0.2) is 0 Å². The van der Waals surface area contributed by atoms with Gasteiger partial charge in [0.05, 0.1) is 5.57 Å². The molecule has 0 spiro atoms. The van der Waals surface area contributed by atoms with Gasteiger partial charge in [-0.15, -0.1) is 0 Å². The fourth-order valence-electron chi connectivity index (χ4n) is 1.94. The molecule has 0 saturated heterocycles. The lowest BCUT2D eigenvalue weighted by molar-refractivity contribution is 0.345. The van der Waals surface area contributed by atoms with Crippen LogP contribution in [-0.2, 0) is 4.74 Å². The molecule has 1 aliphatic rings. The lowest BCUT2D eigenvalue weighted by atomic mass is 9.90. The predicted molar refractivity (Wildman–Crippen MR) is 70.8 cm³/mol. The number of ether oxygens (including phenoxy) is 1. The second-order valence-corrected chi connectivity index (χ2v) is 4.22. The van der Waals surface area contributed by atoms with Gasteiger partial charge in [0, 0.05) is 11.1 Å². The molecule has 1 aromatic carbocycles. The van der Waals surface area contributed by atoms with E-state index in [1.807, 2.05) is 31.2 Å². The molecule has 90 valence electrons. The standard InChI is InChI=1S/C15H14N2O/c1-9-6-4-5-7-12(9)14-11(3)10(2)13(8-16)15(17)18-14/h4-7,10H,1,3,17H2,2H3/b14-12+. The third-order valence-electron chi connectivity index (χ3n) is 3.11. The minimum Gasteiger partial charge on any atom is -0.440 e. The van der Waals surface area contributed by atoms with Gasteiger partial charge in [0.2, 0.25) is 5.88 Å². The van der Waals surface area contributed by atoms with Crippen molar-refractivity contribution in [2.24, 2.45) is 11.7 Å². The normalized spacial score (nSPS) is 22.4. The van der Waals surface area contributed by atoms with Crippen molar-refractivity contribution in [1.82, 2.24) is 0 Å². The molecule has 2 N–H and O–H groups in total. The van der Waals surface area contributed by atoms with Crippen LogP contribution in [0, 0.1) is 17.2 Å². The van der Waals surface area contributed by atoms with Crippen LogP contribution in [0.1, 0.15) is 6.92 Å². The van der Waals surface area contributed by atoms with E-state index in [1.165, 1.54) is 0 Å². The van der Waals surface area contributed by atoms with E-state index < -0.39 is 0 Å². The number of nitrogens with zero attached hydrogens (tertiary/aromatic N) is 1. The van der Waals surface area contributed by atoms with E-state index in [9.17, 15) is 0 Å². The van der Waals surface area contributed by atoms with Gasteiger partial charge in [-0.05, 0) is 10.8 Å². The van der Waals surface area contributed by atoms with Crippen LogP contribution < -0.4 is 16.2 Å². The molecular formula is C15H14N2O. The maximum Gasteiger partial charge on any atom is 0.205 e. The van der Waals surface area contributed by atoms with Gasteiger partial charge < -0.3 is 10.5 Å². The number of hydrogen-bond donors (Lipinski definition) is 1. The third-order valence-corrected chi connectivity index (χ3v) is 3.11. The molecular weight excluding hydrogens is 224 g/mol. The fraction of sp³-hybridized carbons (Fsp3) is 0.133. The van der Waals surface area contributed by atoms with Gasteiger partial charge in [0.15, 0.2) is 0 Å². The van der Waals surface area contributed by atoms with Gasteiger partial charge in [-0.1, -0.05) is 44.3 Å². The van der Waals surface area contributed by atoms with Crippen molar-refractivity contribution in [1.29, 1.82) is 5.26 Å². The fourth-order valence-corrected chi connectivity index (χ4v) is 1.94. The molecule has 1 aliphatic heterocycles. The van der Waals surface area contributed by atoms with Crippen molar-refractivity contribution in [3.63, 3.8) is 0 Å². The Morgan fingerprint density at radius 3 is 2.61 bits per heavy atom. The number of allylic oxidation sites excluding steroid dienone is 1. The van der Waals surface area contributed by atoms with Crippen LogP contribution in [0.15, 0.2) is 47.9 Å². The molecule has 2 rings (SSSR count). The van der Waals surface area contributed by atoms with E-state index in [0.29, 0.717) is 11.3 Å². The molecule has 3 heteroatoms. The first-order valence-corrected chi connectivity index (χ1v) is 5.61. The summed E-state index contributed by atoms with van der Waals surface area (Å²) in [5.41, 5.74) is 6.94. The molecule has 0 amide bonds. The minimum absolute atomic E-state index is 0.140. The second kappa shape index (κ2) is 4.42. The Morgan fingerprint density at radius 1 is 1.33 bits per heavy atom. The summed E-state index contributed by atoms with van der Waals surface area (Å²) in [7, 11) is 0. The third kappa shape index (κ3) is 1.78. The maximum absolute atomic E-state index is 9.03. The largest absolute Gasteiger partial charge is 0.440 e. The monoisotopic (exact) mass is 238 g/mol. The summed E-state index contributed by atoms with van der Waals surface area (Å²) in [6, 6.07) is 9.66. The van der Waals surface area contributed by atoms with E-state index in [2.05, 4.69) is 19.2 Å². The Morgan fingerprint density at radius 2 is 2.00 bits per heavy atom. The number of rotatable bonds is 0. The van der Waals surface area contributed by atoms with Crippen LogP contribution >= 0.6 is 0 Å². The van der Waals surface area contributed by atoms with Gasteiger partial charge in [-0.25, -0.2) is 0 Å². The molecule has 0 bridgehead atoms. The highest BCUT2D eigenvalue weighted by Crippen LogP contribution is 2.32. The molecule has 0 aromatic heterocycles. The van der Waals surface area contributed by atoms with Crippen LogP contribution in [0.4, 0.5) is 0 Å².